The van der Waals surface area contributed by atoms with E-state index >= 15 is 0 Å². The molecule has 2 amide bonds. The first-order valence-corrected chi connectivity index (χ1v) is 7.30. The molecule has 0 bridgehead atoms. The molecule has 2 aromatic carbocycles. The smallest absolute Gasteiger partial charge is 0.315 e. The third-order valence-electron chi connectivity index (χ3n) is 3.16. The maximum atomic E-state index is 11.6. The van der Waals surface area contributed by atoms with Gasteiger partial charge in [-0.2, -0.15) is 0 Å². The molecular weight excluding hydrogens is 288 g/mol. The molecule has 23 heavy (non-hydrogen) atoms. The SMILES string of the molecule is CC(=O)c1ccc(C#CCNC(=O)NCc2ccccc2)cc1. The molecule has 0 fully saturated rings. The van der Waals surface area contributed by atoms with Crippen LogP contribution < -0.4 is 10.6 Å². The molecule has 0 aliphatic heterocycles. The van der Waals surface area contributed by atoms with Crippen LogP contribution in [0.2, 0.25) is 0 Å². The van der Waals surface area contributed by atoms with Crippen molar-refractivity contribution < 1.29 is 9.59 Å². The minimum atomic E-state index is -0.255. The van der Waals surface area contributed by atoms with E-state index in [1.165, 1.54) is 6.92 Å². The van der Waals surface area contributed by atoms with Gasteiger partial charge in [0.15, 0.2) is 5.78 Å². The Morgan fingerprint density at radius 2 is 1.65 bits per heavy atom. The van der Waals surface area contributed by atoms with Crippen molar-refractivity contribution >= 4 is 11.8 Å². The number of rotatable bonds is 4. The molecule has 2 aromatic rings. The molecule has 0 unspecified atom stereocenters. The number of Topliss-reactive ketones (excluding diaryl/α,β-unsaturated/α-hetero) is 1. The van der Waals surface area contributed by atoms with Crippen LogP contribution in [0.5, 0.6) is 0 Å². The molecule has 0 aromatic heterocycles. The number of carbonyl (C=O) groups is 2. The van der Waals surface area contributed by atoms with Gasteiger partial charge in [-0.3, -0.25) is 4.79 Å². The van der Waals surface area contributed by atoms with Crippen molar-refractivity contribution in [2.24, 2.45) is 0 Å². The minimum absolute atomic E-state index is 0.0289. The number of hydrogen-bond acceptors (Lipinski definition) is 2. The van der Waals surface area contributed by atoms with Crippen LogP contribution in [0.1, 0.15) is 28.4 Å². The number of urea groups is 1. The molecule has 0 heterocycles. The summed E-state index contributed by atoms with van der Waals surface area (Å²) in [5, 5.41) is 5.44. The largest absolute Gasteiger partial charge is 0.334 e. The van der Waals surface area contributed by atoms with Crippen LogP contribution in [0.15, 0.2) is 54.6 Å². The predicted octanol–water partition coefficient (Wildman–Crippen LogP) is 2.74. The number of carbonyl (C=O) groups excluding carboxylic acids is 2. The van der Waals surface area contributed by atoms with Gasteiger partial charge >= 0.3 is 6.03 Å². The van der Waals surface area contributed by atoms with E-state index in [2.05, 4.69) is 22.5 Å². The van der Waals surface area contributed by atoms with Crippen molar-refractivity contribution in [1.82, 2.24) is 10.6 Å². The zero-order valence-corrected chi connectivity index (χ0v) is 12.9. The van der Waals surface area contributed by atoms with Gasteiger partial charge in [-0.25, -0.2) is 4.79 Å². The van der Waals surface area contributed by atoms with Gasteiger partial charge in [-0.05, 0) is 24.6 Å². The zero-order chi connectivity index (χ0) is 16.5. The lowest BCUT2D eigenvalue weighted by atomic mass is 10.1. The normalized spacial score (nSPS) is 9.43. The first-order chi connectivity index (χ1) is 11.1. The monoisotopic (exact) mass is 306 g/mol. The fourth-order valence-corrected chi connectivity index (χ4v) is 1.90. The van der Waals surface area contributed by atoms with E-state index in [1.807, 2.05) is 30.3 Å². The van der Waals surface area contributed by atoms with E-state index in [1.54, 1.807) is 24.3 Å². The molecule has 116 valence electrons. The summed E-state index contributed by atoms with van der Waals surface area (Å²) in [6.07, 6.45) is 0. The number of nitrogens with one attached hydrogen (secondary N) is 2. The maximum Gasteiger partial charge on any atom is 0.315 e. The van der Waals surface area contributed by atoms with E-state index in [0.717, 1.165) is 11.1 Å². The highest BCUT2D eigenvalue weighted by molar-refractivity contribution is 5.94. The van der Waals surface area contributed by atoms with Gasteiger partial charge in [0.05, 0.1) is 6.54 Å². The lowest BCUT2D eigenvalue weighted by molar-refractivity contribution is 0.101. The Morgan fingerprint density at radius 1 is 0.957 bits per heavy atom. The van der Waals surface area contributed by atoms with Gasteiger partial charge in [-0.15, -0.1) is 0 Å². The predicted molar refractivity (Wildman–Crippen MR) is 90.0 cm³/mol. The second kappa shape index (κ2) is 8.40. The Balaban J connectivity index is 1.74. The topological polar surface area (TPSA) is 58.2 Å². The van der Waals surface area contributed by atoms with Crippen LogP contribution in [0, 0.1) is 11.8 Å². The van der Waals surface area contributed by atoms with Gasteiger partial charge in [0.1, 0.15) is 0 Å². The Kier molecular flexibility index (Phi) is 5.96. The lowest BCUT2D eigenvalue weighted by Crippen LogP contribution is -2.35. The summed E-state index contributed by atoms with van der Waals surface area (Å²) in [6.45, 7) is 2.26. The third-order valence-corrected chi connectivity index (χ3v) is 3.16. The van der Waals surface area contributed by atoms with Gasteiger partial charge in [-0.1, -0.05) is 54.3 Å². The van der Waals surface area contributed by atoms with E-state index in [4.69, 9.17) is 0 Å². The molecule has 0 aliphatic carbocycles. The Morgan fingerprint density at radius 3 is 2.30 bits per heavy atom. The van der Waals surface area contributed by atoms with Crippen LogP contribution in [0.25, 0.3) is 0 Å². The maximum absolute atomic E-state index is 11.6. The van der Waals surface area contributed by atoms with Crippen molar-refractivity contribution in [3.05, 3.63) is 71.3 Å². The highest BCUT2D eigenvalue weighted by atomic mass is 16.2. The van der Waals surface area contributed by atoms with Gasteiger partial charge in [0, 0.05) is 17.7 Å². The van der Waals surface area contributed by atoms with Crippen LogP contribution in [-0.2, 0) is 6.54 Å². The summed E-state index contributed by atoms with van der Waals surface area (Å²) in [5.74, 6) is 5.84. The highest BCUT2D eigenvalue weighted by Gasteiger charge is 1.98. The summed E-state index contributed by atoms with van der Waals surface area (Å²) in [6, 6.07) is 16.5. The lowest BCUT2D eigenvalue weighted by Gasteiger charge is -2.05. The average molecular weight is 306 g/mol. The molecule has 2 N–H and O–H groups in total. The summed E-state index contributed by atoms with van der Waals surface area (Å²) in [7, 11) is 0. The fraction of sp³-hybridized carbons (Fsp3) is 0.158. The van der Waals surface area contributed by atoms with Crippen LogP contribution >= 0.6 is 0 Å². The standard InChI is InChI=1S/C19H18N2O2/c1-15(22)18-11-9-16(10-12-18)8-5-13-20-19(23)21-14-17-6-3-2-4-7-17/h2-4,6-7,9-12H,13-14H2,1H3,(H2,20,21,23). The van der Waals surface area contributed by atoms with E-state index in [-0.39, 0.29) is 18.4 Å². The molecule has 2 rings (SSSR count). The van der Waals surface area contributed by atoms with Crippen molar-refractivity contribution in [3.8, 4) is 11.8 Å². The molecule has 4 nitrogen and oxygen atoms in total. The molecule has 0 aliphatic rings. The van der Waals surface area contributed by atoms with Crippen LogP contribution in [0.4, 0.5) is 4.79 Å². The van der Waals surface area contributed by atoms with E-state index in [0.29, 0.717) is 12.1 Å². The number of hydrogen-bond donors (Lipinski definition) is 2. The molecule has 0 spiro atoms. The number of ketones is 1. The summed E-state index contributed by atoms with van der Waals surface area (Å²) < 4.78 is 0. The molecule has 0 saturated heterocycles. The molecule has 0 saturated carbocycles. The molecule has 0 radical (unpaired) electrons. The van der Waals surface area contributed by atoms with E-state index in [9.17, 15) is 9.59 Å². The van der Waals surface area contributed by atoms with Crippen molar-refractivity contribution in [1.29, 1.82) is 0 Å². The summed E-state index contributed by atoms with van der Waals surface area (Å²) in [4.78, 5) is 22.8. The molecule has 4 heteroatoms. The van der Waals surface area contributed by atoms with Gasteiger partial charge < -0.3 is 10.6 Å². The number of benzene rings is 2. The molecule has 0 atom stereocenters. The van der Waals surface area contributed by atoms with Crippen molar-refractivity contribution in [2.45, 2.75) is 13.5 Å². The second-order valence-corrected chi connectivity index (χ2v) is 4.96. The van der Waals surface area contributed by atoms with Crippen LogP contribution in [0.3, 0.4) is 0 Å². The highest BCUT2D eigenvalue weighted by Crippen LogP contribution is 2.03. The van der Waals surface area contributed by atoms with E-state index < -0.39 is 0 Å². The zero-order valence-electron chi connectivity index (χ0n) is 12.9. The average Bonchev–Trinajstić information content (AvgIpc) is 2.58. The number of amides is 2. The summed E-state index contributed by atoms with van der Waals surface area (Å²) in [5.41, 5.74) is 2.51. The second-order valence-electron chi connectivity index (χ2n) is 4.96. The minimum Gasteiger partial charge on any atom is -0.334 e. The molecular formula is C19H18N2O2. The third kappa shape index (κ3) is 5.68. The van der Waals surface area contributed by atoms with Gasteiger partial charge in [0.2, 0.25) is 0 Å². The Hall–Kier alpha value is -3.06. The quantitative estimate of drug-likeness (QED) is 0.674. The Labute approximate surface area is 135 Å². The van der Waals surface area contributed by atoms with Crippen molar-refractivity contribution in [2.75, 3.05) is 6.54 Å². The Bertz CT molecular complexity index is 725. The first-order valence-electron chi connectivity index (χ1n) is 7.30. The fourth-order valence-electron chi connectivity index (χ4n) is 1.90. The van der Waals surface area contributed by atoms with Crippen LogP contribution in [-0.4, -0.2) is 18.4 Å². The first kappa shape index (κ1) is 16.3. The summed E-state index contributed by atoms with van der Waals surface area (Å²) >= 11 is 0. The van der Waals surface area contributed by atoms with Gasteiger partial charge in [0.25, 0.3) is 0 Å². The van der Waals surface area contributed by atoms with Crippen molar-refractivity contribution in [3.63, 3.8) is 0 Å².